The number of hydrogen-bond donors (Lipinski definition) is 2. The van der Waals surface area contributed by atoms with E-state index >= 15 is 0 Å². The van der Waals surface area contributed by atoms with E-state index in [4.69, 9.17) is 4.74 Å². The maximum atomic E-state index is 5.60. The lowest BCUT2D eigenvalue weighted by molar-refractivity contribution is 0.128. The van der Waals surface area contributed by atoms with Crippen LogP contribution in [0.4, 0.5) is 0 Å². The SMILES string of the molecule is CN=C(NCCCn1cnc2ccccc21)NCCOCCC(C)C. The number of aliphatic imine (C=N–C) groups is 1. The molecule has 1 aromatic carbocycles. The molecule has 25 heavy (non-hydrogen) atoms. The van der Waals surface area contributed by atoms with Gasteiger partial charge in [0.05, 0.1) is 24.0 Å². The van der Waals surface area contributed by atoms with Crippen molar-refractivity contribution in [3.05, 3.63) is 30.6 Å². The molecule has 1 heterocycles. The molecule has 0 aliphatic rings. The molecule has 0 aliphatic heterocycles. The molecule has 0 aliphatic carbocycles. The van der Waals surface area contributed by atoms with Crippen molar-refractivity contribution in [1.82, 2.24) is 20.2 Å². The minimum absolute atomic E-state index is 0.690. The van der Waals surface area contributed by atoms with Gasteiger partial charge in [-0.15, -0.1) is 0 Å². The van der Waals surface area contributed by atoms with E-state index in [0.29, 0.717) is 12.5 Å². The highest BCUT2D eigenvalue weighted by atomic mass is 16.5. The molecule has 0 bridgehead atoms. The van der Waals surface area contributed by atoms with Crippen LogP contribution in [-0.4, -0.2) is 48.9 Å². The van der Waals surface area contributed by atoms with Gasteiger partial charge in [0.25, 0.3) is 0 Å². The monoisotopic (exact) mass is 345 g/mol. The lowest BCUT2D eigenvalue weighted by Crippen LogP contribution is -2.39. The van der Waals surface area contributed by atoms with E-state index in [2.05, 4.69) is 45.1 Å². The number of fused-ring (bicyclic) bond motifs is 1. The van der Waals surface area contributed by atoms with E-state index in [1.807, 2.05) is 24.5 Å². The van der Waals surface area contributed by atoms with Crippen LogP contribution < -0.4 is 10.6 Å². The van der Waals surface area contributed by atoms with Crippen LogP contribution in [0.5, 0.6) is 0 Å². The first-order valence-electron chi connectivity index (χ1n) is 9.13. The van der Waals surface area contributed by atoms with Crippen LogP contribution in [0.3, 0.4) is 0 Å². The Morgan fingerprint density at radius 2 is 2.00 bits per heavy atom. The number of aryl methyl sites for hydroxylation is 1. The molecule has 0 unspecified atom stereocenters. The molecule has 0 saturated carbocycles. The summed E-state index contributed by atoms with van der Waals surface area (Å²) in [6.45, 7) is 8.51. The molecular weight excluding hydrogens is 314 g/mol. The molecule has 138 valence electrons. The van der Waals surface area contributed by atoms with Crippen molar-refractivity contribution in [3.63, 3.8) is 0 Å². The summed E-state index contributed by atoms with van der Waals surface area (Å²) in [5.41, 5.74) is 2.23. The minimum atomic E-state index is 0.690. The van der Waals surface area contributed by atoms with Crippen LogP contribution >= 0.6 is 0 Å². The lowest BCUT2D eigenvalue weighted by atomic mass is 10.1. The molecule has 0 radical (unpaired) electrons. The van der Waals surface area contributed by atoms with Crippen LogP contribution in [0, 0.1) is 5.92 Å². The fourth-order valence-electron chi connectivity index (χ4n) is 2.53. The highest BCUT2D eigenvalue weighted by Crippen LogP contribution is 2.11. The summed E-state index contributed by atoms with van der Waals surface area (Å²) in [7, 11) is 1.79. The third kappa shape index (κ3) is 6.74. The first kappa shape index (κ1) is 19.2. The molecule has 1 aromatic heterocycles. The highest BCUT2D eigenvalue weighted by molar-refractivity contribution is 5.79. The number of imidazole rings is 1. The maximum Gasteiger partial charge on any atom is 0.191 e. The van der Waals surface area contributed by atoms with E-state index < -0.39 is 0 Å². The van der Waals surface area contributed by atoms with Gasteiger partial charge in [0, 0.05) is 33.3 Å². The number of rotatable bonds is 10. The molecule has 6 nitrogen and oxygen atoms in total. The number of ether oxygens (including phenoxy) is 1. The molecule has 0 spiro atoms. The quantitative estimate of drug-likeness (QED) is 0.395. The van der Waals surface area contributed by atoms with Gasteiger partial charge in [0.2, 0.25) is 0 Å². The van der Waals surface area contributed by atoms with Gasteiger partial charge in [-0.25, -0.2) is 4.98 Å². The summed E-state index contributed by atoms with van der Waals surface area (Å²) in [5.74, 6) is 1.51. The molecule has 2 aromatic rings. The van der Waals surface area contributed by atoms with Crippen LogP contribution in [-0.2, 0) is 11.3 Å². The van der Waals surface area contributed by atoms with E-state index in [9.17, 15) is 0 Å². The smallest absolute Gasteiger partial charge is 0.191 e. The van der Waals surface area contributed by atoms with Crippen molar-refractivity contribution in [3.8, 4) is 0 Å². The zero-order valence-electron chi connectivity index (χ0n) is 15.7. The molecule has 6 heteroatoms. The van der Waals surface area contributed by atoms with Gasteiger partial charge in [-0.1, -0.05) is 26.0 Å². The summed E-state index contributed by atoms with van der Waals surface area (Å²) in [4.78, 5) is 8.66. The Labute approximate surface area is 150 Å². The second-order valence-electron chi connectivity index (χ2n) is 6.50. The summed E-state index contributed by atoms with van der Waals surface area (Å²) in [6.07, 6.45) is 4.02. The van der Waals surface area contributed by atoms with Crippen LogP contribution in [0.25, 0.3) is 11.0 Å². The summed E-state index contributed by atoms with van der Waals surface area (Å²) >= 11 is 0. The topological polar surface area (TPSA) is 63.5 Å². The second kappa shape index (κ2) is 10.7. The van der Waals surface area contributed by atoms with E-state index in [1.165, 1.54) is 5.52 Å². The van der Waals surface area contributed by atoms with Crippen molar-refractivity contribution in [1.29, 1.82) is 0 Å². The Hall–Kier alpha value is -2.08. The number of aromatic nitrogens is 2. The molecule has 0 amide bonds. The van der Waals surface area contributed by atoms with Crippen molar-refractivity contribution in [2.75, 3.05) is 33.4 Å². The number of nitrogens with zero attached hydrogens (tertiary/aromatic N) is 3. The number of benzene rings is 1. The Bertz CT molecular complexity index is 650. The average molecular weight is 345 g/mol. The molecule has 0 atom stereocenters. The average Bonchev–Trinajstić information content (AvgIpc) is 3.02. The predicted molar refractivity (Wildman–Crippen MR) is 104 cm³/mol. The Kier molecular flexibility index (Phi) is 8.25. The van der Waals surface area contributed by atoms with Crippen molar-refractivity contribution >= 4 is 17.0 Å². The minimum Gasteiger partial charge on any atom is -0.380 e. The van der Waals surface area contributed by atoms with Crippen molar-refractivity contribution in [2.45, 2.75) is 33.2 Å². The van der Waals surface area contributed by atoms with Crippen LogP contribution in [0.15, 0.2) is 35.6 Å². The van der Waals surface area contributed by atoms with Crippen molar-refractivity contribution in [2.24, 2.45) is 10.9 Å². The van der Waals surface area contributed by atoms with Gasteiger partial charge in [0.15, 0.2) is 5.96 Å². The summed E-state index contributed by atoms with van der Waals surface area (Å²) < 4.78 is 7.79. The van der Waals surface area contributed by atoms with Gasteiger partial charge >= 0.3 is 0 Å². The van der Waals surface area contributed by atoms with Gasteiger partial charge in [-0.3, -0.25) is 4.99 Å². The van der Waals surface area contributed by atoms with Crippen molar-refractivity contribution < 1.29 is 4.74 Å². The van der Waals surface area contributed by atoms with E-state index in [-0.39, 0.29) is 0 Å². The largest absolute Gasteiger partial charge is 0.380 e. The fourth-order valence-corrected chi connectivity index (χ4v) is 2.53. The first-order chi connectivity index (χ1) is 12.2. The fraction of sp³-hybridized carbons (Fsp3) is 0.579. The summed E-state index contributed by atoms with van der Waals surface area (Å²) in [6, 6.07) is 8.21. The van der Waals surface area contributed by atoms with Gasteiger partial charge in [0.1, 0.15) is 0 Å². The van der Waals surface area contributed by atoms with Gasteiger partial charge in [-0.2, -0.15) is 0 Å². The number of nitrogens with one attached hydrogen (secondary N) is 2. The number of hydrogen-bond acceptors (Lipinski definition) is 3. The van der Waals surface area contributed by atoms with E-state index in [1.54, 1.807) is 7.05 Å². The number of guanidine groups is 1. The Balaban J connectivity index is 1.59. The Morgan fingerprint density at radius 3 is 2.80 bits per heavy atom. The predicted octanol–water partition coefficient (Wildman–Crippen LogP) is 2.65. The molecule has 0 saturated heterocycles. The van der Waals surface area contributed by atoms with Crippen LogP contribution in [0.2, 0.25) is 0 Å². The lowest BCUT2D eigenvalue weighted by Gasteiger charge is -2.12. The maximum absolute atomic E-state index is 5.60. The molecule has 2 N–H and O–H groups in total. The Morgan fingerprint density at radius 1 is 1.20 bits per heavy atom. The standard InChI is InChI=1S/C19H31N5O/c1-16(2)9-13-25-14-11-22-19(20-3)21-10-6-12-24-15-23-17-7-4-5-8-18(17)24/h4-5,7-8,15-16H,6,9-14H2,1-3H3,(H2,20,21,22). The third-order valence-corrected chi connectivity index (χ3v) is 4.00. The van der Waals surface area contributed by atoms with E-state index in [0.717, 1.165) is 50.6 Å². The molecule has 2 rings (SSSR count). The normalized spacial score (nSPS) is 12.1. The second-order valence-corrected chi connectivity index (χ2v) is 6.50. The molecule has 0 fully saturated rings. The zero-order chi connectivity index (χ0) is 17.9. The molecular formula is C19H31N5O. The van der Waals surface area contributed by atoms with Crippen LogP contribution in [0.1, 0.15) is 26.7 Å². The highest BCUT2D eigenvalue weighted by Gasteiger charge is 2.02. The first-order valence-corrected chi connectivity index (χ1v) is 9.13. The third-order valence-electron chi connectivity index (χ3n) is 4.00. The van der Waals surface area contributed by atoms with Gasteiger partial charge < -0.3 is 19.9 Å². The van der Waals surface area contributed by atoms with Gasteiger partial charge in [-0.05, 0) is 30.9 Å². The number of para-hydroxylation sites is 2. The summed E-state index contributed by atoms with van der Waals surface area (Å²) in [5, 5.41) is 6.61. The zero-order valence-corrected chi connectivity index (χ0v) is 15.7.